The monoisotopic (exact) mass is 371 g/mol. The Morgan fingerprint density at radius 2 is 1.96 bits per heavy atom. The number of hydrogen-bond acceptors (Lipinski definition) is 4. The standard InChI is InChI=1S/C19H19F2N5O/c1-22-15-9-16(12-23-11-15)26-5-2-13-8-14(10-24-17(13)26)18(27)25-6-3-19(20,21)4-7-25/h2,5,8-12,22H,3-4,6-7H2,1H3. The zero-order valence-electron chi connectivity index (χ0n) is 14.8. The summed E-state index contributed by atoms with van der Waals surface area (Å²) < 4.78 is 28.5. The molecule has 0 unspecified atom stereocenters. The number of fused-ring (bicyclic) bond motifs is 1. The minimum atomic E-state index is -2.67. The Morgan fingerprint density at radius 1 is 1.19 bits per heavy atom. The third-order valence-electron chi connectivity index (χ3n) is 4.85. The molecule has 0 aromatic carbocycles. The van der Waals surface area contributed by atoms with Gasteiger partial charge in [-0.1, -0.05) is 0 Å². The predicted octanol–water partition coefficient (Wildman–Crippen LogP) is 3.33. The van der Waals surface area contributed by atoms with E-state index in [1.165, 1.54) is 11.1 Å². The number of hydrogen-bond donors (Lipinski definition) is 1. The Kier molecular flexibility index (Phi) is 4.25. The normalized spacial score (nSPS) is 16.5. The predicted molar refractivity (Wildman–Crippen MR) is 98.5 cm³/mol. The molecule has 4 rings (SSSR count). The molecule has 1 aliphatic heterocycles. The molecule has 0 radical (unpaired) electrons. The van der Waals surface area contributed by atoms with E-state index in [1.807, 2.05) is 29.9 Å². The van der Waals surface area contributed by atoms with Crippen LogP contribution in [0.15, 0.2) is 43.0 Å². The van der Waals surface area contributed by atoms with Gasteiger partial charge in [-0.2, -0.15) is 0 Å². The van der Waals surface area contributed by atoms with E-state index in [0.29, 0.717) is 11.2 Å². The van der Waals surface area contributed by atoms with Crippen molar-refractivity contribution in [1.82, 2.24) is 19.4 Å². The van der Waals surface area contributed by atoms with Gasteiger partial charge in [-0.15, -0.1) is 0 Å². The van der Waals surface area contributed by atoms with Gasteiger partial charge in [-0.05, 0) is 18.2 Å². The minimum Gasteiger partial charge on any atom is -0.387 e. The summed E-state index contributed by atoms with van der Waals surface area (Å²) in [6, 6.07) is 5.57. The van der Waals surface area contributed by atoms with Crippen molar-refractivity contribution in [3.63, 3.8) is 0 Å². The van der Waals surface area contributed by atoms with E-state index in [2.05, 4.69) is 15.3 Å². The number of aromatic nitrogens is 3. The lowest BCUT2D eigenvalue weighted by Gasteiger charge is -2.31. The maximum Gasteiger partial charge on any atom is 0.255 e. The molecule has 140 valence electrons. The number of piperidine rings is 1. The molecular weight excluding hydrogens is 352 g/mol. The van der Waals surface area contributed by atoms with Gasteiger partial charge in [0.15, 0.2) is 0 Å². The first-order valence-corrected chi connectivity index (χ1v) is 8.74. The fraction of sp³-hybridized carbons (Fsp3) is 0.316. The molecular formula is C19H19F2N5O. The van der Waals surface area contributed by atoms with Crippen LogP contribution in [0, 0.1) is 0 Å². The van der Waals surface area contributed by atoms with Crippen LogP contribution in [0.1, 0.15) is 23.2 Å². The lowest BCUT2D eigenvalue weighted by Crippen LogP contribution is -2.42. The Labute approximate surface area is 154 Å². The molecule has 6 nitrogen and oxygen atoms in total. The summed E-state index contributed by atoms with van der Waals surface area (Å²) in [5.41, 5.74) is 2.84. The number of carbonyl (C=O) groups is 1. The second-order valence-corrected chi connectivity index (χ2v) is 6.65. The van der Waals surface area contributed by atoms with E-state index in [1.54, 1.807) is 18.5 Å². The van der Waals surface area contributed by atoms with E-state index < -0.39 is 5.92 Å². The second kappa shape index (κ2) is 6.61. The van der Waals surface area contributed by atoms with E-state index in [4.69, 9.17) is 0 Å². The van der Waals surface area contributed by atoms with Crippen molar-refractivity contribution in [1.29, 1.82) is 0 Å². The third-order valence-corrected chi connectivity index (χ3v) is 4.85. The molecule has 0 saturated carbocycles. The number of carbonyl (C=O) groups excluding carboxylic acids is 1. The molecule has 3 aromatic heterocycles. The highest BCUT2D eigenvalue weighted by atomic mass is 19.3. The minimum absolute atomic E-state index is 0.0629. The van der Waals surface area contributed by atoms with Gasteiger partial charge < -0.3 is 10.2 Å². The SMILES string of the molecule is CNc1cncc(-n2ccc3cc(C(=O)N4CCC(F)(F)CC4)cnc32)c1. The summed E-state index contributed by atoms with van der Waals surface area (Å²) in [6.07, 6.45) is 6.24. The van der Waals surface area contributed by atoms with Gasteiger partial charge >= 0.3 is 0 Å². The molecule has 4 heterocycles. The van der Waals surface area contributed by atoms with Crippen molar-refractivity contribution in [2.24, 2.45) is 0 Å². The lowest BCUT2D eigenvalue weighted by molar-refractivity contribution is -0.0494. The topological polar surface area (TPSA) is 63.1 Å². The Bertz CT molecular complexity index is 991. The van der Waals surface area contributed by atoms with Crippen molar-refractivity contribution < 1.29 is 13.6 Å². The first kappa shape index (κ1) is 17.4. The summed E-state index contributed by atoms with van der Waals surface area (Å²) in [7, 11) is 1.82. The molecule has 0 spiro atoms. The van der Waals surface area contributed by atoms with E-state index in [-0.39, 0.29) is 31.8 Å². The van der Waals surface area contributed by atoms with Crippen LogP contribution in [-0.4, -0.2) is 51.4 Å². The number of halogens is 2. The van der Waals surface area contributed by atoms with Gasteiger partial charge in [0, 0.05) is 50.8 Å². The summed E-state index contributed by atoms with van der Waals surface area (Å²) in [6.45, 7) is 0.126. The van der Waals surface area contributed by atoms with Crippen molar-refractivity contribution in [2.45, 2.75) is 18.8 Å². The van der Waals surface area contributed by atoms with Crippen LogP contribution >= 0.6 is 0 Å². The summed E-state index contributed by atoms with van der Waals surface area (Å²) >= 11 is 0. The lowest BCUT2D eigenvalue weighted by atomic mass is 10.1. The highest BCUT2D eigenvalue weighted by Crippen LogP contribution is 2.29. The molecule has 27 heavy (non-hydrogen) atoms. The first-order valence-electron chi connectivity index (χ1n) is 8.74. The number of nitrogens with one attached hydrogen (secondary N) is 1. The number of anilines is 1. The van der Waals surface area contributed by atoms with E-state index in [9.17, 15) is 13.6 Å². The zero-order valence-corrected chi connectivity index (χ0v) is 14.8. The highest BCUT2D eigenvalue weighted by Gasteiger charge is 2.35. The molecule has 1 aliphatic rings. The van der Waals surface area contributed by atoms with Crippen molar-refractivity contribution >= 4 is 22.6 Å². The fourth-order valence-corrected chi connectivity index (χ4v) is 3.27. The van der Waals surface area contributed by atoms with Crippen LogP contribution in [0.5, 0.6) is 0 Å². The van der Waals surface area contributed by atoms with Crippen molar-refractivity contribution in [3.8, 4) is 5.69 Å². The summed E-state index contributed by atoms with van der Waals surface area (Å²) in [5.74, 6) is -2.93. The number of rotatable bonds is 3. The molecule has 0 aliphatic carbocycles. The molecule has 1 fully saturated rings. The van der Waals surface area contributed by atoms with Crippen LogP contribution in [0.2, 0.25) is 0 Å². The van der Waals surface area contributed by atoms with Gasteiger partial charge in [-0.25, -0.2) is 13.8 Å². The molecule has 0 atom stereocenters. The molecule has 1 N–H and O–H groups in total. The van der Waals surface area contributed by atoms with Crippen LogP contribution in [0.4, 0.5) is 14.5 Å². The van der Waals surface area contributed by atoms with Gasteiger partial charge in [0.2, 0.25) is 0 Å². The van der Waals surface area contributed by atoms with Crippen molar-refractivity contribution in [3.05, 3.63) is 48.5 Å². The third kappa shape index (κ3) is 3.34. The van der Waals surface area contributed by atoms with Gasteiger partial charge in [0.25, 0.3) is 11.8 Å². The van der Waals surface area contributed by atoms with Gasteiger partial charge in [0.1, 0.15) is 5.65 Å². The largest absolute Gasteiger partial charge is 0.387 e. The van der Waals surface area contributed by atoms with Crippen LogP contribution in [0.25, 0.3) is 16.7 Å². The van der Waals surface area contributed by atoms with Crippen LogP contribution in [-0.2, 0) is 0 Å². The molecule has 1 amide bonds. The average molecular weight is 371 g/mol. The molecule has 3 aromatic rings. The maximum absolute atomic E-state index is 13.3. The number of nitrogens with zero attached hydrogens (tertiary/aromatic N) is 4. The Morgan fingerprint density at radius 3 is 2.70 bits per heavy atom. The summed E-state index contributed by atoms with van der Waals surface area (Å²) in [4.78, 5) is 22.7. The van der Waals surface area contributed by atoms with E-state index in [0.717, 1.165) is 16.8 Å². The Balaban J connectivity index is 1.61. The van der Waals surface area contributed by atoms with Gasteiger partial charge in [-0.3, -0.25) is 14.3 Å². The molecule has 0 bridgehead atoms. The van der Waals surface area contributed by atoms with Crippen LogP contribution < -0.4 is 5.32 Å². The fourth-order valence-electron chi connectivity index (χ4n) is 3.27. The molecule has 1 saturated heterocycles. The summed E-state index contributed by atoms with van der Waals surface area (Å²) in [5, 5.41) is 3.85. The smallest absolute Gasteiger partial charge is 0.255 e. The second-order valence-electron chi connectivity index (χ2n) is 6.65. The number of alkyl halides is 2. The highest BCUT2D eigenvalue weighted by molar-refractivity contribution is 5.97. The van der Waals surface area contributed by atoms with E-state index >= 15 is 0 Å². The number of likely N-dealkylation sites (tertiary alicyclic amines) is 1. The average Bonchev–Trinajstić information content (AvgIpc) is 3.10. The van der Waals surface area contributed by atoms with Crippen molar-refractivity contribution in [2.75, 3.05) is 25.5 Å². The quantitative estimate of drug-likeness (QED) is 0.767. The van der Waals surface area contributed by atoms with Gasteiger partial charge in [0.05, 0.1) is 29.3 Å². The van der Waals surface area contributed by atoms with Crippen LogP contribution in [0.3, 0.4) is 0 Å². The first-order chi connectivity index (χ1) is 13.0. The number of amides is 1. The number of pyridine rings is 2. The zero-order chi connectivity index (χ0) is 19.0. The maximum atomic E-state index is 13.3. The Hall–Kier alpha value is -3.03. The molecule has 8 heteroatoms.